The van der Waals surface area contributed by atoms with E-state index in [1.807, 2.05) is 26.1 Å². The minimum Gasteiger partial charge on any atom is -0.402 e. The van der Waals surface area contributed by atoms with E-state index in [0.29, 0.717) is 5.78 Å². The van der Waals surface area contributed by atoms with Gasteiger partial charge >= 0.3 is 0 Å². The fraction of sp³-hybridized carbons (Fsp3) is 0.500. The monoisotopic (exact) mass is 435 g/mol. The molecule has 0 bridgehead atoms. The molecule has 1 unspecified atom stereocenters. The number of hydrogen-bond donors (Lipinski definition) is 2. The van der Waals surface area contributed by atoms with Crippen molar-refractivity contribution in [2.45, 2.75) is 72.6 Å². The van der Waals surface area contributed by atoms with E-state index in [1.165, 1.54) is 5.56 Å². The molecule has 1 aromatic carbocycles. The van der Waals surface area contributed by atoms with Crippen LogP contribution in [-0.2, 0) is 10.2 Å². The third kappa shape index (κ3) is 5.66. The van der Waals surface area contributed by atoms with E-state index < -0.39 is 5.41 Å². The highest BCUT2D eigenvalue weighted by Gasteiger charge is 2.43. The standard InChI is InChI=1S/C28H41N3O/c1-8-14-31-26(22(6)23(7)29)18-20(4)24-10-11-25(21(5)17-24)28(12-15-30-16-13-28)27(32)19(3)9-2/h10-11,14,17-19,30H,4,8-9,12-13,15-16,29H2,1-3,5-7H3/b23-22+,26-18+,31-14?. The number of carbonyl (C=O) groups excluding carboxylic acids is 1. The zero-order valence-electron chi connectivity index (χ0n) is 20.8. The molecule has 174 valence electrons. The molecule has 0 amide bonds. The molecule has 0 aromatic heterocycles. The second-order valence-corrected chi connectivity index (χ2v) is 9.12. The molecule has 0 radical (unpaired) electrons. The predicted molar refractivity (Wildman–Crippen MR) is 138 cm³/mol. The molecule has 1 fully saturated rings. The van der Waals surface area contributed by atoms with Crippen molar-refractivity contribution in [1.82, 2.24) is 5.32 Å². The van der Waals surface area contributed by atoms with Crippen LogP contribution in [0.25, 0.3) is 5.57 Å². The molecule has 0 saturated carbocycles. The third-order valence-corrected chi connectivity index (χ3v) is 6.80. The number of hydrogen-bond acceptors (Lipinski definition) is 4. The Labute approximate surface area is 194 Å². The van der Waals surface area contributed by atoms with Crippen LogP contribution in [0.15, 0.2) is 52.8 Å². The van der Waals surface area contributed by atoms with E-state index >= 15 is 0 Å². The van der Waals surface area contributed by atoms with Gasteiger partial charge in [0.1, 0.15) is 5.78 Å². The van der Waals surface area contributed by atoms with Gasteiger partial charge in [-0.25, -0.2) is 0 Å². The van der Waals surface area contributed by atoms with Crippen LogP contribution in [0.2, 0.25) is 0 Å². The van der Waals surface area contributed by atoms with Crippen molar-refractivity contribution in [2.24, 2.45) is 16.6 Å². The van der Waals surface area contributed by atoms with Crippen LogP contribution in [0.5, 0.6) is 0 Å². The average molecular weight is 436 g/mol. The van der Waals surface area contributed by atoms with E-state index in [-0.39, 0.29) is 5.92 Å². The lowest BCUT2D eigenvalue weighted by molar-refractivity contribution is -0.129. The van der Waals surface area contributed by atoms with Crippen LogP contribution in [0, 0.1) is 12.8 Å². The Hall–Kier alpha value is -2.46. The zero-order valence-corrected chi connectivity index (χ0v) is 20.8. The Kier molecular flexibility index (Phi) is 9.21. The van der Waals surface area contributed by atoms with E-state index in [0.717, 1.165) is 72.4 Å². The molecule has 1 aliphatic rings. The minimum absolute atomic E-state index is 0.0679. The van der Waals surface area contributed by atoms with Gasteiger partial charge in [0.15, 0.2) is 0 Å². The summed E-state index contributed by atoms with van der Waals surface area (Å²) in [4.78, 5) is 18.1. The SMILES string of the molecule is C=C(/C=C(N=CCC)\C(C)=C(/C)N)c1ccc(C2(C(=O)C(C)CC)CCNCC2)c(C)c1. The molecule has 0 aliphatic carbocycles. The lowest BCUT2D eigenvalue weighted by Gasteiger charge is -2.39. The fourth-order valence-corrected chi connectivity index (χ4v) is 4.44. The Morgan fingerprint density at radius 1 is 1.28 bits per heavy atom. The van der Waals surface area contributed by atoms with Gasteiger partial charge in [0.05, 0.1) is 11.1 Å². The van der Waals surface area contributed by atoms with Gasteiger partial charge in [-0.3, -0.25) is 9.79 Å². The summed E-state index contributed by atoms with van der Waals surface area (Å²) >= 11 is 0. The van der Waals surface area contributed by atoms with Crippen molar-refractivity contribution >= 4 is 17.6 Å². The van der Waals surface area contributed by atoms with Crippen molar-refractivity contribution in [3.8, 4) is 0 Å². The summed E-state index contributed by atoms with van der Waals surface area (Å²) in [6, 6.07) is 6.42. The first-order chi connectivity index (χ1) is 15.2. The number of aliphatic imine (C=N–C) groups is 1. The summed E-state index contributed by atoms with van der Waals surface area (Å²) in [5.41, 5.74) is 12.4. The second-order valence-electron chi connectivity index (χ2n) is 9.12. The third-order valence-electron chi connectivity index (χ3n) is 6.80. The molecule has 1 saturated heterocycles. The maximum absolute atomic E-state index is 13.5. The van der Waals surface area contributed by atoms with E-state index in [1.54, 1.807) is 0 Å². The number of nitrogens with two attached hydrogens (primary N) is 1. The highest BCUT2D eigenvalue weighted by molar-refractivity contribution is 5.92. The van der Waals surface area contributed by atoms with Crippen molar-refractivity contribution in [3.63, 3.8) is 0 Å². The molecule has 1 aliphatic heterocycles. The maximum Gasteiger partial charge on any atom is 0.146 e. The van der Waals surface area contributed by atoms with E-state index in [2.05, 4.69) is 62.8 Å². The maximum atomic E-state index is 13.5. The summed E-state index contributed by atoms with van der Waals surface area (Å²) in [5.74, 6) is 0.449. The van der Waals surface area contributed by atoms with Gasteiger partial charge in [0.25, 0.3) is 0 Å². The van der Waals surface area contributed by atoms with Crippen LogP contribution in [-0.4, -0.2) is 25.1 Å². The van der Waals surface area contributed by atoms with E-state index in [9.17, 15) is 4.79 Å². The molecule has 0 spiro atoms. The molecule has 4 nitrogen and oxygen atoms in total. The fourth-order valence-electron chi connectivity index (χ4n) is 4.44. The number of allylic oxidation sites excluding steroid dienone is 4. The molecule has 3 N–H and O–H groups in total. The minimum atomic E-state index is -0.396. The number of piperidine rings is 1. The summed E-state index contributed by atoms with van der Waals surface area (Å²) in [6.45, 7) is 18.3. The van der Waals surface area contributed by atoms with Crippen LogP contribution in [0.1, 0.15) is 77.0 Å². The predicted octanol–water partition coefficient (Wildman–Crippen LogP) is 5.86. The Balaban J connectivity index is 2.47. The van der Waals surface area contributed by atoms with Crippen molar-refractivity contribution in [2.75, 3.05) is 13.1 Å². The Morgan fingerprint density at radius 3 is 2.47 bits per heavy atom. The lowest BCUT2D eigenvalue weighted by Crippen LogP contribution is -2.48. The number of nitrogens with one attached hydrogen (secondary N) is 1. The van der Waals surface area contributed by atoms with Gasteiger partial charge in [0.2, 0.25) is 0 Å². The molecular weight excluding hydrogens is 394 g/mol. The van der Waals surface area contributed by atoms with E-state index in [4.69, 9.17) is 5.73 Å². The average Bonchev–Trinajstić information content (AvgIpc) is 2.80. The molecule has 1 aromatic rings. The molecule has 1 atom stereocenters. The van der Waals surface area contributed by atoms with Gasteiger partial charge in [-0.2, -0.15) is 0 Å². The molecule has 2 rings (SSSR count). The van der Waals surface area contributed by atoms with Crippen LogP contribution < -0.4 is 11.1 Å². The van der Waals surface area contributed by atoms with Gasteiger partial charge < -0.3 is 11.1 Å². The summed E-state index contributed by atoms with van der Waals surface area (Å²) in [5, 5.41) is 3.43. The van der Waals surface area contributed by atoms with Crippen molar-refractivity contribution in [1.29, 1.82) is 0 Å². The van der Waals surface area contributed by atoms with Crippen LogP contribution >= 0.6 is 0 Å². The van der Waals surface area contributed by atoms with Gasteiger partial charge in [-0.05, 0) is 93.5 Å². The number of benzene rings is 1. The Bertz CT molecular complexity index is 926. The first-order valence-corrected chi connectivity index (χ1v) is 11.9. The molecule has 32 heavy (non-hydrogen) atoms. The number of ketones is 1. The van der Waals surface area contributed by atoms with Crippen LogP contribution in [0.4, 0.5) is 0 Å². The quantitative estimate of drug-likeness (QED) is 0.377. The van der Waals surface area contributed by atoms with Gasteiger partial charge in [-0.15, -0.1) is 0 Å². The molecule has 4 heteroatoms. The number of Topliss-reactive ketones (excluding diaryl/α,β-unsaturated/α-hetero) is 1. The lowest BCUT2D eigenvalue weighted by atomic mass is 9.65. The van der Waals surface area contributed by atoms with Crippen molar-refractivity contribution in [3.05, 3.63) is 64.5 Å². The summed E-state index contributed by atoms with van der Waals surface area (Å²) in [7, 11) is 0. The molecule has 1 heterocycles. The van der Waals surface area contributed by atoms with Crippen molar-refractivity contribution < 1.29 is 4.79 Å². The normalized spacial score (nSPS) is 18.4. The number of nitrogens with zero attached hydrogens (tertiary/aromatic N) is 1. The number of carbonyl (C=O) groups is 1. The summed E-state index contributed by atoms with van der Waals surface area (Å²) in [6.07, 6.45) is 7.33. The number of aryl methyl sites for hydroxylation is 1. The van der Waals surface area contributed by atoms with Gasteiger partial charge in [0, 0.05) is 17.8 Å². The highest BCUT2D eigenvalue weighted by Crippen LogP contribution is 2.40. The smallest absolute Gasteiger partial charge is 0.146 e. The zero-order chi connectivity index (χ0) is 23.9. The highest BCUT2D eigenvalue weighted by atomic mass is 16.1. The second kappa shape index (κ2) is 11.4. The number of rotatable bonds is 9. The van der Waals surface area contributed by atoms with Crippen LogP contribution in [0.3, 0.4) is 0 Å². The first kappa shape index (κ1) is 25.8. The first-order valence-electron chi connectivity index (χ1n) is 11.9. The summed E-state index contributed by atoms with van der Waals surface area (Å²) < 4.78 is 0. The topological polar surface area (TPSA) is 67.5 Å². The largest absolute Gasteiger partial charge is 0.402 e. The molecular formula is C28H41N3O. The Morgan fingerprint density at radius 2 is 1.94 bits per heavy atom. The van der Waals surface area contributed by atoms with Gasteiger partial charge in [-0.1, -0.05) is 45.5 Å².